The molecular weight excluding hydrogens is 497 g/mol. The lowest BCUT2D eigenvalue weighted by Gasteiger charge is -2.16. The van der Waals surface area contributed by atoms with Crippen LogP contribution in [0.1, 0.15) is 35.7 Å². The van der Waals surface area contributed by atoms with Crippen molar-refractivity contribution >= 4 is 52.5 Å². The molecule has 1 aliphatic rings. The van der Waals surface area contributed by atoms with Gasteiger partial charge in [-0.2, -0.15) is 10.1 Å². The first-order valence-corrected chi connectivity index (χ1v) is 11.6. The maximum Gasteiger partial charge on any atom is 0.407 e. The number of nitrogens with zero attached hydrogens (tertiary/aromatic N) is 5. The Labute approximate surface area is 211 Å². The lowest BCUT2D eigenvalue weighted by Crippen LogP contribution is -2.30. The van der Waals surface area contributed by atoms with E-state index >= 15 is 0 Å². The third-order valence-corrected chi connectivity index (χ3v) is 6.22. The highest BCUT2D eigenvalue weighted by molar-refractivity contribution is 6.40. The van der Waals surface area contributed by atoms with E-state index in [0.717, 1.165) is 12.8 Å². The maximum atomic E-state index is 12.8. The molecule has 0 bridgehead atoms. The zero-order valence-corrected chi connectivity index (χ0v) is 20.3. The van der Waals surface area contributed by atoms with Crippen molar-refractivity contribution in [3.05, 3.63) is 52.4 Å². The van der Waals surface area contributed by atoms with Crippen molar-refractivity contribution < 1.29 is 19.4 Å². The van der Waals surface area contributed by atoms with Crippen LogP contribution < -0.4 is 15.4 Å². The number of carbonyl (C=O) groups excluding carboxylic acids is 1. The number of nitrogens with one attached hydrogen (secondary N) is 2. The molecule has 4 rings (SSSR count). The van der Waals surface area contributed by atoms with Crippen LogP contribution >= 0.6 is 23.2 Å². The van der Waals surface area contributed by atoms with Gasteiger partial charge in [-0.25, -0.2) is 9.78 Å². The lowest BCUT2D eigenvalue weighted by atomic mass is 10.1. The standard InChI is InChI=1S/C22H23Cl2N7O4/c1-35-20-15(19(32)28-18-16(23)5-2-6-17(18)24)11-25-21(29-20)27-13-10-26-31(12-13)14-4-3-8-30(9-7-14)22(33)34/h2,5-6,10-12,14H,3-4,7-9H2,1H3,(H,28,32)(H,33,34)(H,25,27,29). The van der Waals surface area contributed by atoms with Gasteiger partial charge in [0.15, 0.2) is 0 Å². The molecule has 0 spiro atoms. The van der Waals surface area contributed by atoms with Gasteiger partial charge in [-0.3, -0.25) is 9.48 Å². The molecular formula is C22H23Cl2N7O4. The smallest absolute Gasteiger partial charge is 0.407 e. The molecule has 1 atom stereocenters. The zero-order valence-electron chi connectivity index (χ0n) is 18.7. The van der Waals surface area contributed by atoms with Crippen LogP contribution in [-0.2, 0) is 0 Å². The van der Waals surface area contributed by atoms with E-state index in [2.05, 4.69) is 25.7 Å². The van der Waals surface area contributed by atoms with Gasteiger partial charge in [-0.05, 0) is 31.4 Å². The molecule has 13 heteroatoms. The van der Waals surface area contributed by atoms with E-state index in [1.165, 1.54) is 18.2 Å². The van der Waals surface area contributed by atoms with Gasteiger partial charge in [0.2, 0.25) is 11.8 Å². The molecule has 184 valence electrons. The quantitative estimate of drug-likeness (QED) is 0.426. The van der Waals surface area contributed by atoms with Crippen molar-refractivity contribution in [3.63, 3.8) is 0 Å². The average molecular weight is 520 g/mol. The summed E-state index contributed by atoms with van der Waals surface area (Å²) >= 11 is 12.3. The second kappa shape index (κ2) is 10.8. The van der Waals surface area contributed by atoms with E-state index in [-0.39, 0.29) is 29.1 Å². The maximum absolute atomic E-state index is 12.8. The van der Waals surface area contributed by atoms with E-state index in [1.54, 1.807) is 24.4 Å². The molecule has 2 amide bonds. The van der Waals surface area contributed by atoms with Crippen LogP contribution in [0.15, 0.2) is 36.8 Å². The van der Waals surface area contributed by atoms with Crippen molar-refractivity contribution in [1.82, 2.24) is 24.6 Å². The molecule has 1 aliphatic heterocycles. The number of aromatic nitrogens is 4. The van der Waals surface area contributed by atoms with Crippen LogP contribution in [0.2, 0.25) is 10.0 Å². The van der Waals surface area contributed by atoms with Crippen LogP contribution in [0.25, 0.3) is 0 Å². The third kappa shape index (κ3) is 5.75. The van der Waals surface area contributed by atoms with Crippen molar-refractivity contribution in [2.24, 2.45) is 0 Å². The van der Waals surface area contributed by atoms with Crippen LogP contribution in [0.5, 0.6) is 5.88 Å². The minimum absolute atomic E-state index is 0.0631. The number of para-hydroxylation sites is 1. The summed E-state index contributed by atoms with van der Waals surface area (Å²) in [6.45, 7) is 0.986. The highest BCUT2D eigenvalue weighted by atomic mass is 35.5. The Morgan fingerprint density at radius 2 is 1.94 bits per heavy atom. The lowest BCUT2D eigenvalue weighted by molar-refractivity contribution is 0.102. The van der Waals surface area contributed by atoms with E-state index in [1.807, 2.05) is 10.9 Å². The summed E-state index contributed by atoms with van der Waals surface area (Å²) in [5.41, 5.74) is 1.03. The van der Waals surface area contributed by atoms with Crippen molar-refractivity contribution in [2.45, 2.75) is 25.3 Å². The number of likely N-dealkylation sites (tertiary alicyclic amines) is 1. The van der Waals surface area contributed by atoms with Crippen LogP contribution in [-0.4, -0.2) is 62.0 Å². The van der Waals surface area contributed by atoms with Gasteiger partial charge in [0.05, 0.1) is 40.8 Å². The Morgan fingerprint density at radius 3 is 2.66 bits per heavy atom. The summed E-state index contributed by atoms with van der Waals surface area (Å²) in [4.78, 5) is 33.9. The third-order valence-electron chi connectivity index (χ3n) is 5.59. The number of methoxy groups -OCH3 is 1. The second-order valence-corrected chi connectivity index (χ2v) is 8.67. The number of halogens is 2. The number of anilines is 3. The molecule has 3 N–H and O–H groups in total. The molecule has 0 saturated carbocycles. The highest BCUT2D eigenvalue weighted by Crippen LogP contribution is 2.31. The van der Waals surface area contributed by atoms with E-state index in [4.69, 9.17) is 27.9 Å². The predicted octanol–water partition coefficient (Wildman–Crippen LogP) is 4.69. The number of carbonyl (C=O) groups is 2. The second-order valence-electron chi connectivity index (χ2n) is 7.86. The fourth-order valence-electron chi connectivity index (χ4n) is 3.80. The Balaban J connectivity index is 1.45. The van der Waals surface area contributed by atoms with Crippen LogP contribution in [0.3, 0.4) is 0 Å². The first-order valence-electron chi connectivity index (χ1n) is 10.8. The molecule has 35 heavy (non-hydrogen) atoms. The predicted molar refractivity (Wildman–Crippen MR) is 131 cm³/mol. The normalized spacial score (nSPS) is 15.9. The van der Waals surface area contributed by atoms with Crippen LogP contribution in [0, 0.1) is 0 Å². The Bertz CT molecular complexity index is 1220. The Kier molecular flexibility index (Phi) is 7.57. The molecule has 1 aromatic carbocycles. The van der Waals surface area contributed by atoms with Crippen molar-refractivity contribution in [2.75, 3.05) is 30.8 Å². The molecule has 3 aromatic rings. The average Bonchev–Trinajstić information content (AvgIpc) is 3.15. The summed E-state index contributed by atoms with van der Waals surface area (Å²) < 4.78 is 7.11. The van der Waals surface area contributed by atoms with E-state index in [9.17, 15) is 14.7 Å². The molecule has 11 nitrogen and oxygen atoms in total. The SMILES string of the molecule is COc1nc(Nc2cnn(C3CCCN(C(=O)O)CC3)c2)ncc1C(=O)Nc1c(Cl)cccc1Cl. The summed E-state index contributed by atoms with van der Waals surface area (Å²) in [6, 6.07) is 4.99. The monoisotopic (exact) mass is 519 g/mol. The molecule has 1 saturated heterocycles. The fourth-order valence-corrected chi connectivity index (χ4v) is 4.29. The van der Waals surface area contributed by atoms with E-state index < -0.39 is 12.0 Å². The van der Waals surface area contributed by atoms with Gasteiger partial charge in [-0.1, -0.05) is 29.3 Å². The first-order chi connectivity index (χ1) is 16.9. The van der Waals surface area contributed by atoms with Gasteiger partial charge in [0.1, 0.15) is 5.56 Å². The fraction of sp³-hybridized carbons (Fsp3) is 0.318. The topological polar surface area (TPSA) is 134 Å². The number of rotatable bonds is 6. The summed E-state index contributed by atoms with van der Waals surface area (Å²) in [7, 11) is 1.40. The number of hydrogen-bond donors (Lipinski definition) is 3. The molecule has 0 radical (unpaired) electrons. The first kappa shape index (κ1) is 24.6. The zero-order chi connectivity index (χ0) is 24.9. The highest BCUT2D eigenvalue weighted by Gasteiger charge is 2.22. The van der Waals surface area contributed by atoms with Crippen molar-refractivity contribution in [3.8, 4) is 5.88 Å². The van der Waals surface area contributed by atoms with Crippen molar-refractivity contribution in [1.29, 1.82) is 0 Å². The minimum Gasteiger partial charge on any atom is -0.480 e. The van der Waals surface area contributed by atoms with Gasteiger partial charge in [0, 0.05) is 25.5 Å². The van der Waals surface area contributed by atoms with Gasteiger partial charge < -0.3 is 25.4 Å². The number of ether oxygens (including phenoxy) is 1. The molecule has 1 fully saturated rings. The molecule has 1 unspecified atom stereocenters. The molecule has 3 heterocycles. The number of hydrogen-bond acceptors (Lipinski definition) is 7. The minimum atomic E-state index is -0.897. The largest absolute Gasteiger partial charge is 0.480 e. The summed E-state index contributed by atoms with van der Waals surface area (Å²) in [5.74, 6) is -0.250. The van der Waals surface area contributed by atoms with Gasteiger partial charge in [0.25, 0.3) is 5.91 Å². The number of benzene rings is 1. The van der Waals surface area contributed by atoms with Gasteiger partial charge in [-0.15, -0.1) is 0 Å². The number of carboxylic acid groups (broad SMARTS) is 1. The summed E-state index contributed by atoms with van der Waals surface area (Å²) in [5, 5.41) is 19.9. The molecule has 2 aromatic heterocycles. The Hall–Kier alpha value is -3.57. The summed E-state index contributed by atoms with van der Waals surface area (Å²) in [6.07, 6.45) is 6.16. The van der Waals surface area contributed by atoms with Crippen LogP contribution in [0.4, 0.5) is 22.1 Å². The van der Waals surface area contributed by atoms with Gasteiger partial charge >= 0.3 is 6.09 Å². The Morgan fingerprint density at radius 1 is 1.17 bits per heavy atom. The van der Waals surface area contributed by atoms with E-state index in [0.29, 0.717) is 35.2 Å². The number of amides is 2. The molecule has 0 aliphatic carbocycles.